The van der Waals surface area contributed by atoms with Crippen LogP contribution in [0.5, 0.6) is 0 Å². The Hall–Kier alpha value is -1.36. The highest BCUT2D eigenvalue weighted by molar-refractivity contribution is 5.79. The minimum atomic E-state index is 0.0929. The fraction of sp³-hybridized carbons (Fsp3) is 0.667. The molecule has 1 aromatic rings. The Morgan fingerprint density at radius 2 is 2.35 bits per heavy atom. The topological polar surface area (TPSA) is 66.6 Å². The van der Waals surface area contributed by atoms with E-state index in [9.17, 15) is 4.79 Å². The summed E-state index contributed by atoms with van der Waals surface area (Å²) in [4.78, 5) is 13.9. The second-order valence-electron chi connectivity index (χ2n) is 4.66. The van der Waals surface area contributed by atoms with Gasteiger partial charge in [-0.2, -0.15) is 0 Å². The molecule has 0 aromatic carbocycles. The number of aliphatic hydroxyl groups excluding tert-OH is 1. The second-order valence-corrected chi connectivity index (χ2v) is 4.66. The Morgan fingerprint density at radius 3 is 2.88 bits per heavy atom. The van der Waals surface area contributed by atoms with E-state index < -0.39 is 0 Å². The summed E-state index contributed by atoms with van der Waals surface area (Å²) in [5.74, 6) is 1.05. The molecule has 2 rings (SSSR count). The summed E-state index contributed by atoms with van der Waals surface area (Å²) >= 11 is 0. The number of carbonyl (C=O) groups excluding carboxylic acids is 1. The highest BCUT2D eigenvalue weighted by Crippen LogP contribution is 2.19. The summed E-state index contributed by atoms with van der Waals surface area (Å²) in [6.07, 6.45) is 1.24. The van der Waals surface area contributed by atoms with Gasteiger partial charge in [-0.3, -0.25) is 4.79 Å². The summed E-state index contributed by atoms with van der Waals surface area (Å²) in [7, 11) is 0. The van der Waals surface area contributed by atoms with Gasteiger partial charge in [-0.1, -0.05) is 5.16 Å². The molecular formula is C12H18N2O3. The van der Waals surface area contributed by atoms with Crippen LogP contribution in [0, 0.1) is 19.8 Å². The molecule has 1 saturated heterocycles. The largest absolute Gasteiger partial charge is 0.396 e. The van der Waals surface area contributed by atoms with Crippen molar-refractivity contribution in [3.63, 3.8) is 0 Å². The zero-order chi connectivity index (χ0) is 12.4. The molecule has 1 atom stereocenters. The van der Waals surface area contributed by atoms with E-state index >= 15 is 0 Å². The summed E-state index contributed by atoms with van der Waals surface area (Å²) in [5.41, 5.74) is 1.68. The minimum absolute atomic E-state index is 0.0929. The third kappa shape index (κ3) is 2.49. The molecule has 94 valence electrons. The van der Waals surface area contributed by atoms with Crippen LogP contribution in [0.25, 0.3) is 0 Å². The minimum Gasteiger partial charge on any atom is -0.396 e. The fourth-order valence-corrected chi connectivity index (χ4v) is 2.23. The van der Waals surface area contributed by atoms with Crippen molar-refractivity contribution in [1.29, 1.82) is 0 Å². The van der Waals surface area contributed by atoms with Gasteiger partial charge in [0.1, 0.15) is 5.76 Å². The lowest BCUT2D eigenvalue weighted by Crippen LogP contribution is -2.30. The third-order valence-electron chi connectivity index (χ3n) is 3.41. The number of hydrogen-bond acceptors (Lipinski definition) is 4. The zero-order valence-electron chi connectivity index (χ0n) is 10.3. The van der Waals surface area contributed by atoms with E-state index in [2.05, 4.69) is 5.16 Å². The SMILES string of the molecule is Cc1noc(C)c1CC(=O)N1CC[C@H](CO)C1. The van der Waals surface area contributed by atoms with Gasteiger partial charge in [0.25, 0.3) is 0 Å². The molecule has 1 aliphatic rings. The standard InChI is InChI=1S/C12H18N2O3/c1-8-11(9(2)17-13-8)5-12(16)14-4-3-10(6-14)7-15/h10,15H,3-7H2,1-2H3/t10-/m0/s1. The van der Waals surface area contributed by atoms with Gasteiger partial charge in [0.2, 0.25) is 5.91 Å². The van der Waals surface area contributed by atoms with Crippen LogP contribution in [0.15, 0.2) is 4.52 Å². The highest BCUT2D eigenvalue weighted by Gasteiger charge is 2.26. The summed E-state index contributed by atoms with van der Waals surface area (Å²) in [6, 6.07) is 0. The van der Waals surface area contributed by atoms with Crippen molar-refractivity contribution in [2.45, 2.75) is 26.7 Å². The number of amides is 1. The van der Waals surface area contributed by atoms with Gasteiger partial charge in [-0.15, -0.1) is 0 Å². The number of rotatable bonds is 3. The third-order valence-corrected chi connectivity index (χ3v) is 3.41. The summed E-state index contributed by atoms with van der Waals surface area (Å²) in [5, 5.41) is 12.9. The molecule has 5 heteroatoms. The quantitative estimate of drug-likeness (QED) is 0.840. The normalized spacial score (nSPS) is 19.9. The number of aliphatic hydroxyl groups is 1. The molecule has 5 nitrogen and oxygen atoms in total. The van der Waals surface area contributed by atoms with Crippen LogP contribution in [-0.2, 0) is 11.2 Å². The zero-order valence-corrected chi connectivity index (χ0v) is 10.3. The van der Waals surface area contributed by atoms with Gasteiger partial charge < -0.3 is 14.5 Å². The molecule has 0 unspecified atom stereocenters. The van der Waals surface area contributed by atoms with E-state index in [0.717, 1.165) is 24.2 Å². The fourth-order valence-electron chi connectivity index (χ4n) is 2.23. The average molecular weight is 238 g/mol. The van der Waals surface area contributed by atoms with Crippen molar-refractivity contribution in [3.05, 3.63) is 17.0 Å². The lowest BCUT2D eigenvalue weighted by Gasteiger charge is -2.15. The predicted octanol–water partition coefficient (Wildman–Crippen LogP) is 0.675. The number of aromatic nitrogens is 1. The Kier molecular flexibility index (Phi) is 3.47. The van der Waals surface area contributed by atoms with Crippen LogP contribution >= 0.6 is 0 Å². The van der Waals surface area contributed by atoms with E-state index in [4.69, 9.17) is 9.63 Å². The van der Waals surface area contributed by atoms with Crippen LogP contribution < -0.4 is 0 Å². The first-order chi connectivity index (χ1) is 8.11. The average Bonchev–Trinajstić information content (AvgIpc) is 2.90. The van der Waals surface area contributed by atoms with Crippen molar-refractivity contribution in [3.8, 4) is 0 Å². The lowest BCUT2D eigenvalue weighted by molar-refractivity contribution is -0.129. The Labute approximate surface area is 100 Å². The van der Waals surface area contributed by atoms with Crippen LogP contribution in [0.3, 0.4) is 0 Å². The molecule has 0 saturated carbocycles. The van der Waals surface area contributed by atoms with Crippen LogP contribution in [-0.4, -0.2) is 40.8 Å². The molecule has 0 radical (unpaired) electrons. The predicted molar refractivity (Wildman–Crippen MR) is 61.5 cm³/mol. The molecule has 0 spiro atoms. The Morgan fingerprint density at radius 1 is 1.59 bits per heavy atom. The van der Waals surface area contributed by atoms with Gasteiger partial charge in [-0.25, -0.2) is 0 Å². The van der Waals surface area contributed by atoms with E-state index in [-0.39, 0.29) is 18.4 Å². The van der Waals surface area contributed by atoms with Gasteiger partial charge in [0, 0.05) is 31.2 Å². The van der Waals surface area contributed by atoms with E-state index in [1.807, 2.05) is 18.7 Å². The van der Waals surface area contributed by atoms with Crippen molar-refractivity contribution in [1.82, 2.24) is 10.1 Å². The Bertz CT molecular complexity index is 394. The molecule has 0 aliphatic carbocycles. The Balaban J connectivity index is 1.98. The van der Waals surface area contributed by atoms with Gasteiger partial charge >= 0.3 is 0 Å². The molecule has 17 heavy (non-hydrogen) atoms. The highest BCUT2D eigenvalue weighted by atomic mass is 16.5. The molecule has 1 aromatic heterocycles. The maximum Gasteiger partial charge on any atom is 0.227 e. The first-order valence-electron chi connectivity index (χ1n) is 5.92. The van der Waals surface area contributed by atoms with E-state index in [1.165, 1.54) is 0 Å². The molecule has 1 N–H and O–H groups in total. The number of aryl methyl sites for hydroxylation is 2. The first-order valence-corrected chi connectivity index (χ1v) is 5.92. The van der Waals surface area contributed by atoms with Gasteiger partial charge in [0.05, 0.1) is 12.1 Å². The number of likely N-dealkylation sites (tertiary alicyclic amines) is 1. The molecule has 1 aliphatic heterocycles. The number of hydrogen-bond donors (Lipinski definition) is 1. The maximum atomic E-state index is 12.1. The van der Waals surface area contributed by atoms with E-state index in [0.29, 0.717) is 18.7 Å². The maximum absolute atomic E-state index is 12.1. The van der Waals surface area contributed by atoms with Crippen LogP contribution in [0.4, 0.5) is 0 Å². The second kappa shape index (κ2) is 4.87. The van der Waals surface area contributed by atoms with Gasteiger partial charge in [0.15, 0.2) is 0 Å². The molecule has 1 amide bonds. The van der Waals surface area contributed by atoms with E-state index in [1.54, 1.807) is 0 Å². The van der Waals surface area contributed by atoms with Crippen LogP contribution in [0.1, 0.15) is 23.4 Å². The monoisotopic (exact) mass is 238 g/mol. The number of nitrogens with zero attached hydrogens (tertiary/aromatic N) is 2. The molecule has 2 heterocycles. The summed E-state index contributed by atoms with van der Waals surface area (Å²) in [6.45, 7) is 5.24. The molecule has 0 bridgehead atoms. The van der Waals surface area contributed by atoms with Crippen molar-refractivity contribution >= 4 is 5.91 Å². The molecular weight excluding hydrogens is 220 g/mol. The first kappa shape index (κ1) is 12.1. The van der Waals surface area contributed by atoms with Crippen molar-refractivity contribution in [2.24, 2.45) is 5.92 Å². The molecule has 1 fully saturated rings. The summed E-state index contributed by atoms with van der Waals surface area (Å²) < 4.78 is 5.04. The van der Waals surface area contributed by atoms with Crippen molar-refractivity contribution in [2.75, 3.05) is 19.7 Å². The van der Waals surface area contributed by atoms with Gasteiger partial charge in [-0.05, 0) is 20.3 Å². The number of carbonyl (C=O) groups is 1. The van der Waals surface area contributed by atoms with Crippen LogP contribution in [0.2, 0.25) is 0 Å². The van der Waals surface area contributed by atoms with Crippen molar-refractivity contribution < 1.29 is 14.4 Å². The smallest absolute Gasteiger partial charge is 0.227 e. The lowest BCUT2D eigenvalue weighted by atomic mass is 10.1.